The first kappa shape index (κ1) is 14.6. The number of pyridine rings is 1. The van der Waals surface area contributed by atoms with Crippen molar-refractivity contribution in [3.8, 4) is 0 Å². The lowest BCUT2D eigenvalue weighted by Crippen LogP contribution is -2.34. The molecule has 6 nitrogen and oxygen atoms in total. The van der Waals surface area contributed by atoms with Gasteiger partial charge in [0.25, 0.3) is 5.69 Å². The van der Waals surface area contributed by atoms with Crippen molar-refractivity contribution in [2.24, 2.45) is 0 Å². The average molecular weight is 278 g/mol. The topological polar surface area (TPSA) is 71.3 Å². The van der Waals surface area contributed by atoms with E-state index in [0.717, 1.165) is 12.8 Å². The minimum atomic E-state index is -0.360. The van der Waals surface area contributed by atoms with Crippen LogP contribution in [-0.2, 0) is 0 Å². The molecular formula is C14H22N4O2. The van der Waals surface area contributed by atoms with Gasteiger partial charge in [-0.25, -0.2) is 4.98 Å². The van der Waals surface area contributed by atoms with Crippen molar-refractivity contribution in [2.45, 2.75) is 45.1 Å². The summed E-state index contributed by atoms with van der Waals surface area (Å²) in [5.74, 6) is 1.25. The second-order valence-corrected chi connectivity index (χ2v) is 5.26. The molecule has 1 heterocycles. The first-order valence-electron chi connectivity index (χ1n) is 7.25. The van der Waals surface area contributed by atoms with E-state index in [-0.39, 0.29) is 10.6 Å². The Balaban J connectivity index is 2.26. The molecule has 1 aliphatic rings. The first-order chi connectivity index (χ1) is 9.61. The highest BCUT2D eigenvalue weighted by Crippen LogP contribution is 2.28. The summed E-state index contributed by atoms with van der Waals surface area (Å²) in [6.45, 7) is 2.64. The number of rotatable bonds is 5. The van der Waals surface area contributed by atoms with E-state index in [0.29, 0.717) is 24.2 Å². The molecule has 20 heavy (non-hydrogen) atoms. The molecule has 0 bridgehead atoms. The zero-order chi connectivity index (χ0) is 14.5. The van der Waals surface area contributed by atoms with Crippen LogP contribution in [0.1, 0.15) is 39.0 Å². The SMILES string of the molecule is CCNc1cc([N+](=O)[O-])cc(N(C)C2CCCCC2)n1. The second kappa shape index (κ2) is 6.54. The van der Waals surface area contributed by atoms with Crippen molar-refractivity contribution >= 4 is 17.3 Å². The summed E-state index contributed by atoms with van der Waals surface area (Å²) in [6.07, 6.45) is 6.01. The third-order valence-corrected chi connectivity index (χ3v) is 3.85. The van der Waals surface area contributed by atoms with Gasteiger partial charge in [0, 0.05) is 19.6 Å². The van der Waals surface area contributed by atoms with E-state index in [1.165, 1.54) is 25.3 Å². The van der Waals surface area contributed by atoms with Crippen LogP contribution in [0.4, 0.5) is 17.3 Å². The van der Waals surface area contributed by atoms with Gasteiger partial charge in [-0.2, -0.15) is 0 Å². The highest BCUT2D eigenvalue weighted by Gasteiger charge is 2.21. The van der Waals surface area contributed by atoms with Gasteiger partial charge in [-0.1, -0.05) is 19.3 Å². The molecule has 0 atom stereocenters. The lowest BCUT2D eigenvalue weighted by Gasteiger charge is -2.32. The number of nitrogens with one attached hydrogen (secondary N) is 1. The summed E-state index contributed by atoms with van der Waals surface area (Å²) in [5, 5.41) is 14.1. The van der Waals surface area contributed by atoms with E-state index in [1.54, 1.807) is 6.07 Å². The largest absolute Gasteiger partial charge is 0.370 e. The van der Waals surface area contributed by atoms with Gasteiger partial charge in [-0.05, 0) is 19.8 Å². The van der Waals surface area contributed by atoms with Crippen LogP contribution in [0.15, 0.2) is 12.1 Å². The van der Waals surface area contributed by atoms with E-state index in [2.05, 4.69) is 15.2 Å². The molecule has 1 aromatic heterocycles. The van der Waals surface area contributed by atoms with Crippen molar-refractivity contribution in [2.75, 3.05) is 23.8 Å². The number of nitrogens with zero attached hydrogens (tertiary/aromatic N) is 3. The fraction of sp³-hybridized carbons (Fsp3) is 0.643. The van der Waals surface area contributed by atoms with Crippen LogP contribution >= 0.6 is 0 Å². The van der Waals surface area contributed by atoms with Crippen molar-refractivity contribution in [3.63, 3.8) is 0 Å². The van der Waals surface area contributed by atoms with Crippen LogP contribution in [0.5, 0.6) is 0 Å². The molecule has 1 saturated carbocycles. The summed E-state index contributed by atoms with van der Waals surface area (Å²) in [7, 11) is 1.98. The maximum Gasteiger partial charge on any atom is 0.276 e. The Morgan fingerprint density at radius 1 is 1.40 bits per heavy atom. The van der Waals surface area contributed by atoms with Crippen LogP contribution < -0.4 is 10.2 Å². The summed E-state index contributed by atoms with van der Waals surface area (Å²) < 4.78 is 0. The smallest absolute Gasteiger partial charge is 0.276 e. The molecule has 0 aromatic carbocycles. The van der Waals surface area contributed by atoms with Gasteiger partial charge in [-0.3, -0.25) is 10.1 Å². The monoisotopic (exact) mass is 278 g/mol. The summed E-state index contributed by atoms with van der Waals surface area (Å²) in [6, 6.07) is 3.49. The Kier molecular flexibility index (Phi) is 4.76. The van der Waals surface area contributed by atoms with Crippen LogP contribution in [0.25, 0.3) is 0 Å². The third kappa shape index (κ3) is 3.37. The number of aromatic nitrogens is 1. The second-order valence-electron chi connectivity index (χ2n) is 5.26. The molecule has 0 amide bonds. The molecule has 0 unspecified atom stereocenters. The van der Waals surface area contributed by atoms with Crippen LogP contribution in [0.2, 0.25) is 0 Å². The highest BCUT2D eigenvalue weighted by molar-refractivity contribution is 5.56. The van der Waals surface area contributed by atoms with Crippen LogP contribution in [0.3, 0.4) is 0 Å². The number of hydrogen-bond donors (Lipinski definition) is 1. The third-order valence-electron chi connectivity index (χ3n) is 3.85. The summed E-state index contributed by atoms with van der Waals surface area (Å²) >= 11 is 0. The van der Waals surface area contributed by atoms with E-state index < -0.39 is 0 Å². The summed E-state index contributed by atoms with van der Waals surface area (Å²) in [5.41, 5.74) is 0.0913. The standard InChI is InChI=1S/C14H22N4O2/c1-3-15-13-9-12(18(19)20)10-14(16-13)17(2)11-7-5-4-6-8-11/h9-11H,3-8H2,1-2H3,(H,15,16). The van der Waals surface area contributed by atoms with Crippen molar-refractivity contribution in [3.05, 3.63) is 22.2 Å². The molecule has 1 N–H and O–H groups in total. The number of nitro groups is 1. The fourth-order valence-electron chi connectivity index (χ4n) is 2.72. The van der Waals surface area contributed by atoms with Gasteiger partial charge in [0.15, 0.2) is 0 Å². The molecule has 1 aliphatic carbocycles. The normalized spacial score (nSPS) is 15.9. The maximum atomic E-state index is 11.0. The molecule has 1 aromatic rings. The van der Waals surface area contributed by atoms with Gasteiger partial charge >= 0.3 is 0 Å². The predicted octanol–water partition coefficient (Wildman–Crippen LogP) is 3.19. The van der Waals surface area contributed by atoms with Crippen molar-refractivity contribution < 1.29 is 4.92 Å². The van der Waals surface area contributed by atoms with Crippen molar-refractivity contribution in [1.82, 2.24) is 4.98 Å². The first-order valence-corrected chi connectivity index (χ1v) is 7.25. The molecule has 0 saturated heterocycles. The van der Waals surface area contributed by atoms with Crippen LogP contribution in [-0.4, -0.2) is 29.5 Å². The lowest BCUT2D eigenvalue weighted by molar-refractivity contribution is -0.384. The van der Waals surface area contributed by atoms with Crippen LogP contribution in [0, 0.1) is 10.1 Å². The Morgan fingerprint density at radius 3 is 2.70 bits per heavy atom. The zero-order valence-corrected chi connectivity index (χ0v) is 12.1. The van der Waals surface area contributed by atoms with Gasteiger partial charge in [0.1, 0.15) is 11.6 Å². The molecule has 0 radical (unpaired) electrons. The molecule has 6 heteroatoms. The van der Waals surface area contributed by atoms with E-state index >= 15 is 0 Å². The lowest BCUT2D eigenvalue weighted by atomic mass is 9.94. The highest BCUT2D eigenvalue weighted by atomic mass is 16.6. The molecule has 110 valence electrons. The molecule has 1 fully saturated rings. The Bertz CT molecular complexity index is 472. The summed E-state index contributed by atoms with van der Waals surface area (Å²) in [4.78, 5) is 17.3. The molecule has 2 rings (SSSR count). The number of hydrogen-bond acceptors (Lipinski definition) is 5. The molecular weight excluding hydrogens is 256 g/mol. The fourth-order valence-corrected chi connectivity index (χ4v) is 2.72. The van der Waals surface area contributed by atoms with Gasteiger partial charge in [0.2, 0.25) is 0 Å². The average Bonchev–Trinajstić information content (AvgIpc) is 2.47. The van der Waals surface area contributed by atoms with Crippen molar-refractivity contribution in [1.29, 1.82) is 0 Å². The van der Waals surface area contributed by atoms with E-state index in [9.17, 15) is 10.1 Å². The van der Waals surface area contributed by atoms with Gasteiger partial charge < -0.3 is 10.2 Å². The minimum Gasteiger partial charge on any atom is -0.370 e. The maximum absolute atomic E-state index is 11.0. The van der Waals surface area contributed by atoms with E-state index in [1.807, 2.05) is 14.0 Å². The quantitative estimate of drug-likeness (QED) is 0.661. The molecule has 0 aliphatic heterocycles. The Hall–Kier alpha value is -1.85. The predicted molar refractivity (Wildman–Crippen MR) is 80.3 cm³/mol. The Morgan fingerprint density at radius 2 is 2.10 bits per heavy atom. The minimum absolute atomic E-state index is 0.0913. The number of anilines is 2. The van der Waals surface area contributed by atoms with Gasteiger partial charge in [-0.15, -0.1) is 0 Å². The van der Waals surface area contributed by atoms with Gasteiger partial charge in [0.05, 0.1) is 17.1 Å². The Labute approximate surface area is 119 Å². The zero-order valence-electron chi connectivity index (χ0n) is 12.1. The molecule has 0 spiro atoms. The van der Waals surface area contributed by atoms with E-state index in [4.69, 9.17) is 0 Å².